The monoisotopic (exact) mass is 221 g/mol. The Kier molecular flexibility index (Phi) is 4.14. The zero-order valence-corrected chi connectivity index (χ0v) is 7.70. The minimum atomic E-state index is -5.59. The molecule has 0 heterocycles. The van der Waals surface area contributed by atoms with Crippen molar-refractivity contribution in [2.45, 2.75) is 25.3 Å². The van der Waals surface area contributed by atoms with Gasteiger partial charge in [-0.1, -0.05) is 13.3 Å². The van der Waals surface area contributed by atoms with E-state index in [-0.39, 0.29) is 6.42 Å². The summed E-state index contributed by atoms with van der Waals surface area (Å²) in [5.41, 5.74) is -5.46. The van der Waals surface area contributed by atoms with Crippen LogP contribution in [0.5, 0.6) is 0 Å². The molecule has 4 nitrogen and oxygen atoms in total. The van der Waals surface area contributed by atoms with E-state index in [1.165, 1.54) is 0 Å². The van der Waals surface area contributed by atoms with Crippen LogP contribution in [-0.4, -0.2) is 20.5 Å². The summed E-state index contributed by atoms with van der Waals surface area (Å²) in [6, 6.07) is 0. The predicted molar refractivity (Wildman–Crippen MR) is 39.1 cm³/mol. The highest BCUT2D eigenvalue weighted by Gasteiger charge is 2.51. The Labute approximate surface area is 74.0 Å². The number of halogens is 3. The molecule has 0 saturated heterocycles. The van der Waals surface area contributed by atoms with Crippen molar-refractivity contribution in [1.82, 2.24) is 0 Å². The van der Waals surface area contributed by atoms with Crippen LogP contribution in [0.25, 0.3) is 0 Å². The summed E-state index contributed by atoms with van der Waals surface area (Å²) in [5.74, 6) is 0. The Morgan fingerprint density at radius 2 is 1.85 bits per heavy atom. The molecule has 0 saturated carbocycles. The fourth-order valence-electron chi connectivity index (χ4n) is 0.585. The van der Waals surface area contributed by atoms with Crippen molar-refractivity contribution in [2.24, 2.45) is 0 Å². The summed E-state index contributed by atoms with van der Waals surface area (Å²) >= 11 is 0. The third-order valence-corrected chi connectivity index (χ3v) is 2.75. The van der Waals surface area contributed by atoms with Gasteiger partial charge in [0.15, 0.2) is 0 Å². The quantitative estimate of drug-likeness (QED) is 0.681. The highest BCUT2D eigenvalue weighted by Crippen LogP contribution is 2.19. The molecule has 0 aliphatic carbocycles. The Balaban J connectivity index is 4.48. The maximum absolute atomic E-state index is 11.7. The number of alkyl halides is 3. The van der Waals surface area contributed by atoms with Crippen molar-refractivity contribution >= 4 is 10.0 Å². The molecule has 0 bridgehead atoms. The van der Waals surface area contributed by atoms with E-state index in [1.807, 2.05) is 0 Å². The van der Waals surface area contributed by atoms with Gasteiger partial charge in [-0.05, 0) is 6.42 Å². The molecule has 0 aliphatic heterocycles. The lowest BCUT2D eigenvalue weighted by Gasteiger charge is -2.21. The van der Waals surface area contributed by atoms with Crippen molar-refractivity contribution in [2.75, 3.05) is 6.54 Å². The SMILES string of the molecule is CCCC[NH+]([O-])S(=O)(=O)C(F)(F)F. The van der Waals surface area contributed by atoms with Crippen molar-refractivity contribution < 1.29 is 26.1 Å². The van der Waals surface area contributed by atoms with Gasteiger partial charge in [0.05, 0.1) is 6.54 Å². The molecule has 1 N–H and O–H groups in total. The molecular formula is C5H10F3NO3S. The first kappa shape index (κ1) is 12.7. The largest absolute Gasteiger partial charge is 0.618 e. The maximum Gasteiger partial charge on any atom is 0.549 e. The van der Waals surface area contributed by atoms with Crippen LogP contribution in [0.1, 0.15) is 19.8 Å². The third kappa shape index (κ3) is 3.12. The zero-order valence-electron chi connectivity index (χ0n) is 6.89. The lowest BCUT2D eigenvalue weighted by Crippen LogP contribution is -3.10. The van der Waals surface area contributed by atoms with Crippen LogP contribution in [0.4, 0.5) is 13.2 Å². The lowest BCUT2D eigenvalue weighted by molar-refractivity contribution is -0.712. The summed E-state index contributed by atoms with van der Waals surface area (Å²) in [4.78, 5) is 0. The van der Waals surface area contributed by atoms with Gasteiger partial charge in [-0.15, -0.1) is 0 Å². The number of rotatable bonds is 4. The van der Waals surface area contributed by atoms with E-state index >= 15 is 0 Å². The number of nitrogens with one attached hydrogen (secondary N) is 1. The predicted octanol–water partition coefficient (Wildman–Crippen LogP) is 0.0188. The van der Waals surface area contributed by atoms with E-state index in [2.05, 4.69) is 0 Å². The van der Waals surface area contributed by atoms with Crippen LogP contribution in [0, 0.1) is 5.21 Å². The average molecular weight is 221 g/mol. The van der Waals surface area contributed by atoms with Gasteiger partial charge in [-0.3, -0.25) is 4.47 Å². The number of hydrogen-bond acceptors (Lipinski definition) is 3. The topological polar surface area (TPSA) is 61.6 Å². The van der Waals surface area contributed by atoms with E-state index in [0.717, 1.165) is 0 Å². The number of hydroxylamine groups is 1. The van der Waals surface area contributed by atoms with Crippen molar-refractivity contribution in [3.63, 3.8) is 0 Å². The standard InChI is InChI=1S/C5H10F3NO3S/c1-2-3-4-9(10)13(11,12)5(6,7)8/h9H,2-4H2,1H3. The van der Waals surface area contributed by atoms with E-state index in [0.29, 0.717) is 6.42 Å². The van der Waals surface area contributed by atoms with Crippen LogP contribution < -0.4 is 4.47 Å². The van der Waals surface area contributed by atoms with E-state index in [1.54, 1.807) is 6.92 Å². The summed E-state index contributed by atoms with van der Waals surface area (Å²) in [6.45, 7) is 1.08. The van der Waals surface area contributed by atoms with Gasteiger partial charge in [0.1, 0.15) is 0 Å². The summed E-state index contributed by atoms with van der Waals surface area (Å²) in [7, 11) is -5.59. The minimum Gasteiger partial charge on any atom is -0.618 e. The van der Waals surface area contributed by atoms with E-state index in [9.17, 15) is 26.8 Å². The van der Waals surface area contributed by atoms with Gasteiger partial charge in [0.25, 0.3) is 0 Å². The molecule has 8 heteroatoms. The molecule has 1 unspecified atom stereocenters. The van der Waals surface area contributed by atoms with Crippen molar-refractivity contribution in [3.8, 4) is 0 Å². The highest BCUT2D eigenvalue weighted by molar-refractivity contribution is 7.86. The zero-order chi connectivity index (χ0) is 10.7. The van der Waals surface area contributed by atoms with Gasteiger partial charge >= 0.3 is 15.5 Å². The Morgan fingerprint density at radius 3 is 2.15 bits per heavy atom. The van der Waals surface area contributed by atoms with Crippen LogP contribution in [0.15, 0.2) is 0 Å². The smallest absolute Gasteiger partial charge is 0.549 e. The number of sulfonamides is 1. The van der Waals surface area contributed by atoms with Crippen molar-refractivity contribution in [3.05, 3.63) is 5.21 Å². The Bertz CT molecular complexity index is 248. The molecule has 0 aliphatic rings. The molecule has 13 heavy (non-hydrogen) atoms. The van der Waals surface area contributed by atoms with E-state index < -0.39 is 26.5 Å². The third-order valence-electron chi connectivity index (χ3n) is 1.34. The molecule has 0 spiro atoms. The Morgan fingerprint density at radius 1 is 1.38 bits per heavy atom. The first-order valence-electron chi connectivity index (χ1n) is 3.57. The van der Waals surface area contributed by atoms with Crippen LogP contribution in [-0.2, 0) is 10.0 Å². The molecule has 0 fully saturated rings. The second-order valence-corrected chi connectivity index (χ2v) is 4.35. The fourth-order valence-corrected chi connectivity index (χ4v) is 1.26. The maximum atomic E-state index is 11.7. The molecule has 0 aromatic rings. The minimum absolute atomic E-state index is 0.147. The number of unbranched alkanes of at least 4 members (excludes halogenated alkanes) is 1. The summed E-state index contributed by atoms with van der Waals surface area (Å²) < 4.78 is 54.1. The summed E-state index contributed by atoms with van der Waals surface area (Å²) in [6.07, 6.45) is 0.618. The van der Waals surface area contributed by atoms with Gasteiger partial charge in [0.2, 0.25) is 0 Å². The molecule has 1 atom stereocenters. The molecule has 0 amide bonds. The molecule has 80 valence electrons. The van der Waals surface area contributed by atoms with Gasteiger partial charge in [0, 0.05) is 0 Å². The molecule has 0 aromatic heterocycles. The van der Waals surface area contributed by atoms with Crippen LogP contribution >= 0.6 is 0 Å². The molecule has 0 radical (unpaired) electrons. The summed E-state index contributed by atoms with van der Waals surface area (Å²) in [5, 5.41) is 10.6. The molecular weight excluding hydrogens is 211 g/mol. The highest BCUT2D eigenvalue weighted by atomic mass is 32.2. The molecule has 0 aromatic carbocycles. The van der Waals surface area contributed by atoms with Crippen molar-refractivity contribution in [1.29, 1.82) is 0 Å². The number of quaternary nitrogens is 1. The van der Waals surface area contributed by atoms with E-state index in [4.69, 9.17) is 0 Å². The fraction of sp³-hybridized carbons (Fsp3) is 1.00. The normalized spacial score (nSPS) is 15.8. The van der Waals surface area contributed by atoms with Gasteiger partial charge in [-0.2, -0.15) is 21.6 Å². The Hall–Kier alpha value is -0.340. The first-order chi connectivity index (χ1) is 5.73. The second kappa shape index (κ2) is 4.25. The number of hydrogen-bond donors (Lipinski definition) is 1. The second-order valence-electron chi connectivity index (χ2n) is 2.42. The lowest BCUT2D eigenvalue weighted by atomic mass is 10.3. The van der Waals surface area contributed by atoms with Gasteiger partial charge in [-0.25, -0.2) is 0 Å². The average Bonchev–Trinajstić information content (AvgIpc) is 1.97. The van der Waals surface area contributed by atoms with Crippen LogP contribution in [0.3, 0.4) is 0 Å². The van der Waals surface area contributed by atoms with Crippen LogP contribution in [0.2, 0.25) is 0 Å². The molecule has 0 rings (SSSR count). The first-order valence-corrected chi connectivity index (χ1v) is 5.06. The van der Waals surface area contributed by atoms with Gasteiger partial charge < -0.3 is 5.21 Å².